The van der Waals surface area contributed by atoms with Crippen molar-refractivity contribution in [1.82, 2.24) is 0 Å². The van der Waals surface area contributed by atoms with Crippen molar-refractivity contribution < 1.29 is 0 Å². The van der Waals surface area contributed by atoms with Gasteiger partial charge in [0.05, 0.1) is 0 Å². The summed E-state index contributed by atoms with van der Waals surface area (Å²) in [4.78, 5) is 10.7. The van der Waals surface area contributed by atoms with Gasteiger partial charge in [0, 0.05) is 0 Å². The molecule has 0 aliphatic carbocycles. The number of hydrogen-bond donors (Lipinski definition) is 0. The van der Waals surface area contributed by atoms with Crippen LogP contribution in [0.15, 0.2) is 528 Å². The van der Waals surface area contributed by atoms with Crippen molar-refractivity contribution in [2.24, 2.45) is 0 Å². The van der Waals surface area contributed by atoms with Gasteiger partial charge in [-0.3, -0.25) is 0 Å². The predicted molar refractivity (Wildman–Crippen MR) is 567 cm³/mol. The van der Waals surface area contributed by atoms with Crippen molar-refractivity contribution in [3.63, 3.8) is 0 Å². The first-order valence-electron chi connectivity index (χ1n) is 39.5. The molecule has 18 aromatic carbocycles. The van der Waals surface area contributed by atoms with E-state index >= 15 is 0 Å². The topological polar surface area (TPSA) is 0 Å². The third-order valence-corrected chi connectivity index (χ3v) is 48.6. The SMILES string of the molecule is C[S+](c1ccccc1)c1ccc([Te]c2ccccc2)cc1.C[Te]c1ccc([Se+](c2ccccc2)c2ccccc2)cc1.[CH3-].[CH3-].[CH3-].[CH3-].[CH3-].c1ccc([Te]c2ccc([S+](c3ccccc3)c3ccccc3)cc2)cc1.c1ccc([Te]c2ccc([Se+](c3ccccc3)c3ccccc3)cc2)cc1.c1ccc([Te]c2ccc3c(c2)c2ccccc2[s+]3-c2ccccc2)cc1. The predicted octanol–water partition coefficient (Wildman–Crippen LogP) is 18.5. The van der Waals surface area contributed by atoms with Gasteiger partial charge in [-0.15, -0.1) is 0 Å². The van der Waals surface area contributed by atoms with E-state index in [0.29, 0.717) is 0 Å². The van der Waals surface area contributed by atoms with Gasteiger partial charge in [0.2, 0.25) is 0 Å². The summed E-state index contributed by atoms with van der Waals surface area (Å²) in [6.45, 7) is 0. The van der Waals surface area contributed by atoms with Crippen LogP contribution in [0.5, 0.6) is 0 Å². The fourth-order valence-corrected chi connectivity index (χ4v) is 38.7. The minimum atomic E-state index is -1.23. The molecule has 19 rings (SSSR count). The monoisotopic (exact) mass is 2390 g/mol. The minimum absolute atomic E-state index is 0. The van der Waals surface area contributed by atoms with E-state index in [1.165, 1.54) is 109 Å². The van der Waals surface area contributed by atoms with Crippen LogP contribution in [0.4, 0.5) is 0 Å². The third kappa shape index (κ3) is 28.4. The Kier molecular flexibility index (Phi) is 42.0. The molecule has 1 aromatic heterocycles. The fourth-order valence-electron chi connectivity index (χ4n) is 13.3. The van der Waals surface area contributed by atoms with Crippen LogP contribution < -0.4 is 59.3 Å². The standard InChI is InChI=1S/C24H17STe.C24H19STe.C24H19SeTe.C19H17STe.C19H17SeTe.5CH3/c1-3-9-18(10-4-1)25-23-14-8-7-13-21(23)22-17-20(15-16-24(22)25)26-19-11-5-2-6-12-19;2*1-4-10-20(11-5-1)25(21-12-6-2-7-13-21)22-16-18-24(19-17-22)26-23-14-8-3-9-15-23;1-20(16-8-4-2-5-9-16)17-12-14-19(15-13-17)21-18-10-6-3-7-11-18;1-21-19-14-12-18(13-15-19)20(16-8-4-2-5-9-16)17-10-6-3-7-11-17;;;;;/h1-17H;2*1-19H;2*2-15H,1H3;5*1H3/q5*+1;5*-1. The van der Waals surface area contributed by atoms with Gasteiger partial charge in [0.25, 0.3) is 0 Å². The molecule has 10 heteroatoms. The molecule has 0 radical (unpaired) electrons. The Labute approximate surface area is 814 Å². The first kappa shape index (κ1) is 99.0. The van der Waals surface area contributed by atoms with Crippen LogP contribution in [0.2, 0.25) is 4.97 Å². The first-order valence-corrected chi connectivity index (χ1v) is 61.6. The van der Waals surface area contributed by atoms with Crippen LogP contribution in [-0.2, 0) is 21.8 Å². The van der Waals surface area contributed by atoms with E-state index in [1.54, 1.807) is 0 Å². The van der Waals surface area contributed by atoms with Crippen LogP contribution >= 0.6 is 10.5 Å². The van der Waals surface area contributed by atoms with Crippen LogP contribution in [0, 0.1) is 37.1 Å². The zero-order valence-corrected chi connectivity index (χ0v) is 89.0. The zero-order valence-electron chi connectivity index (χ0n) is 71.5. The summed E-state index contributed by atoms with van der Waals surface area (Å²) in [7, 11) is 0.127. The number of hydrogen-bond acceptors (Lipinski definition) is 0. The number of rotatable bonds is 21. The second kappa shape index (κ2) is 53.0. The molecule has 0 bridgehead atoms. The van der Waals surface area contributed by atoms with Crippen LogP contribution in [0.25, 0.3) is 25.1 Å². The summed E-state index contributed by atoms with van der Waals surface area (Å²) in [5.41, 5.74) is 0. The third-order valence-electron chi connectivity index (χ3n) is 19.0. The maximum absolute atomic E-state index is 2.46. The molecular weight excluding hydrogens is 2270 g/mol. The molecule has 125 heavy (non-hydrogen) atoms. The Balaban J connectivity index is 0.000000162. The van der Waals surface area contributed by atoms with Crippen molar-refractivity contribution >= 4 is 244 Å². The Hall–Kier alpha value is -8.13. The van der Waals surface area contributed by atoms with Crippen LogP contribution in [-0.4, -0.2) is 139 Å². The van der Waals surface area contributed by atoms with Gasteiger partial charge in [0.15, 0.2) is 0 Å². The van der Waals surface area contributed by atoms with Crippen molar-refractivity contribution in [2.75, 3.05) is 6.26 Å². The number of thiophene rings is 1. The summed E-state index contributed by atoms with van der Waals surface area (Å²) >= 11 is -3.58. The van der Waals surface area contributed by atoms with Crippen molar-refractivity contribution in [3.05, 3.63) is 541 Å². The van der Waals surface area contributed by atoms with E-state index in [-0.39, 0.29) is 174 Å². The molecule has 19 aromatic rings. The Bertz CT molecular complexity index is 5930. The molecule has 624 valence electrons. The molecular formula is C115H104S3Se2Te5. The summed E-state index contributed by atoms with van der Waals surface area (Å²) in [6.07, 6.45) is 2.30. The molecule has 0 aliphatic heterocycles. The average Bonchev–Trinajstić information content (AvgIpc) is 1.59. The molecule has 0 saturated heterocycles. The molecule has 0 aliphatic rings. The number of benzene rings is 18. The van der Waals surface area contributed by atoms with E-state index in [2.05, 4.69) is 515 Å². The fraction of sp³-hybridized carbons (Fsp3) is 0.0174. The van der Waals surface area contributed by atoms with Crippen LogP contribution in [0.1, 0.15) is 0 Å². The molecule has 0 saturated carbocycles. The van der Waals surface area contributed by atoms with Gasteiger partial charge < -0.3 is 37.1 Å². The van der Waals surface area contributed by atoms with Gasteiger partial charge in [-0.2, -0.15) is 0 Å². The Morgan fingerprint density at radius 1 is 0.200 bits per heavy atom. The van der Waals surface area contributed by atoms with Gasteiger partial charge in [-0.05, 0) is 0 Å². The second-order valence-electron chi connectivity index (χ2n) is 27.1. The normalized spacial score (nSPS) is 10.8. The molecule has 0 N–H and O–H groups in total. The molecule has 0 nitrogen and oxygen atoms in total. The van der Waals surface area contributed by atoms with Gasteiger partial charge >= 0.3 is 788 Å². The van der Waals surface area contributed by atoms with Crippen molar-refractivity contribution in [1.29, 1.82) is 0 Å². The van der Waals surface area contributed by atoms with Crippen molar-refractivity contribution in [3.8, 4) is 4.90 Å². The van der Waals surface area contributed by atoms with Crippen LogP contribution in [0.3, 0.4) is 0 Å². The quantitative estimate of drug-likeness (QED) is 0.0382. The molecule has 2 unspecified atom stereocenters. The summed E-state index contributed by atoms with van der Waals surface area (Å²) in [5, 5.41) is 2.85. The van der Waals surface area contributed by atoms with E-state index in [0.717, 1.165) is 0 Å². The maximum atomic E-state index is 2.46. The second-order valence-corrected chi connectivity index (χ2v) is 57.2. The summed E-state index contributed by atoms with van der Waals surface area (Å²) in [6, 6.07) is 184. The van der Waals surface area contributed by atoms with Gasteiger partial charge in [-0.25, -0.2) is 0 Å². The van der Waals surface area contributed by atoms with Gasteiger partial charge in [0.1, 0.15) is 0 Å². The Morgan fingerprint density at radius 2 is 0.432 bits per heavy atom. The molecule has 0 spiro atoms. The Morgan fingerprint density at radius 3 is 0.784 bits per heavy atom. The van der Waals surface area contributed by atoms with Crippen molar-refractivity contribution in [2.45, 2.75) is 29.4 Å². The van der Waals surface area contributed by atoms with E-state index in [1.807, 2.05) is 0 Å². The van der Waals surface area contributed by atoms with E-state index in [4.69, 9.17) is 0 Å². The number of fused-ring (bicyclic) bond motifs is 3. The molecule has 2 atom stereocenters. The average molecular weight is 2380 g/mol. The van der Waals surface area contributed by atoms with E-state index < -0.39 is 27.8 Å². The van der Waals surface area contributed by atoms with E-state index in [9.17, 15) is 0 Å². The molecule has 0 fully saturated rings. The molecule has 0 amide bonds. The summed E-state index contributed by atoms with van der Waals surface area (Å²) in [5.74, 6) is 0. The summed E-state index contributed by atoms with van der Waals surface area (Å²) < 4.78 is 25.3. The zero-order chi connectivity index (χ0) is 81.5. The van der Waals surface area contributed by atoms with Gasteiger partial charge in [-0.1, -0.05) is 0 Å². The first-order chi connectivity index (χ1) is 59.4. The molecule has 1 heterocycles.